The molecule has 1 amide bonds. The Morgan fingerprint density at radius 3 is 2.72 bits per heavy atom. The number of hydrogen-bond acceptors (Lipinski definition) is 4. The van der Waals surface area contributed by atoms with E-state index in [9.17, 15) is 4.79 Å². The van der Waals surface area contributed by atoms with Crippen LogP contribution in [0.25, 0.3) is 0 Å². The Bertz CT molecular complexity index is 681. The molecule has 1 aliphatic heterocycles. The summed E-state index contributed by atoms with van der Waals surface area (Å²) in [7, 11) is 0. The largest absolute Gasteiger partial charge is 0.356 e. The number of rotatable bonds is 6. The van der Waals surface area contributed by atoms with Gasteiger partial charge in [-0.25, -0.2) is 9.97 Å². The third-order valence-corrected chi connectivity index (χ3v) is 4.76. The van der Waals surface area contributed by atoms with Crippen LogP contribution in [-0.4, -0.2) is 35.5 Å². The molecule has 1 aromatic heterocycles. The lowest BCUT2D eigenvalue weighted by Gasteiger charge is -2.31. The summed E-state index contributed by atoms with van der Waals surface area (Å²) < 4.78 is 0. The highest BCUT2D eigenvalue weighted by Gasteiger charge is 2.18. The van der Waals surface area contributed by atoms with Gasteiger partial charge in [-0.05, 0) is 37.2 Å². The zero-order valence-electron chi connectivity index (χ0n) is 14.8. The Morgan fingerprint density at radius 1 is 1.20 bits per heavy atom. The fourth-order valence-electron chi connectivity index (χ4n) is 3.11. The lowest BCUT2D eigenvalue weighted by Crippen LogP contribution is -2.34. The first-order valence-electron chi connectivity index (χ1n) is 9.11. The quantitative estimate of drug-likeness (QED) is 0.823. The van der Waals surface area contributed by atoms with Crippen LogP contribution in [0.1, 0.15) is 42.2 Å². The minimum absolute atomic E-state index is 0.123. The lowest BCUT2D eigenvalue weighted by atomic mass is 9.99. The van der Waals surface area contributed by atoms with Crippen molar-refractivity contribution in [1.29, 1.82) is 0 Å². The van der Waals surface area contributed by atoms with Crippen LogP contribution in [-0.2, 0) is 6.42 Å². The number of anilines is 1. The van der Waals surface area contributed by atoms with Crippen molar-refractivity contribution >= 4 is 11.7 Å². The number of hydrogen-bond donors (Lipinski definition) is 1. The van der Waals surface area contributed by atoms with Gasteiger partial charge in [0.2, 0.25) is 0 Å². The Morgan fingerprint density at radius 2 is 1.96 bits per heavy atom. The summed E-state index contributed by atoms with van der Waals surface area (Å²) in [5, 5.41) is 2.96. The summed E-state index contributed by atoms with van der Waals surface area (Å²) in [4.78, 5) is 23.0. The van der Waals surface area contributed by atoms with Gasteiger partial charge < -0.3 is 10.2 Å². The molecule has 1 aliphatic rings. The fourth-order valence-corrected chi connectivity index (χ4v) is 3.11. The molecule has 1 fully saturated rings. The first-order chi connectivity index (χ1) is 12.2. The third kappa shape index (κ3) is 5.02. The average Bonchev–Trinajstić information content (AvgIpc) is 2.66. The van der Waals surface area contributed by atoms with Crippen molar-refractivity contribution in [2.45, 2.75) is 32.6 Å². The second-order valence-electron chi connectivity index (χ2n) is 6.78. The molecule has 2 aromatic rings. The van der Waals surface area contributed by atoms with Gasteiger partial charge in [0.1, 0.15) is 17.8 Å². The van der Waals surface area contributed by atoms with E-state index in [0.29, 0.717) is 12.2 Å². The number of amides is 1. The lowest BCUT2D eigenvalue weighted by molar-refractivity contribution is 0.0948. The van der Waals surface area contributed by atoms with Crippen LogP contribution in [0.5, 0.6) is 0 Å². The number of aryl methyl sites for hydroxylation is 1. The highest BCUT2D eigenvalue weighted by atomic mass is 16.1. The molecule has 25 heavy (non-hydrogen) atoms. The number of nitrogens with zero attached hydrogens (tertiary/aromatic N) is 3. The van der Waals surface area contributed by atoms with E-state index in [-0.39, 0.29) is 5.91 Å². The molecule has 0 saturated carbocycles. The number of benzene rings is 1. The van der Waals surface area contributed by atoms with Crippen molar-refractivity contribution in [3.8, 4) is 0 Å². The van der Waals surface area contributed by atoms with Gasteiger partial charge in [-0.15, -0.1) is 0 Å². The standard InChI is InChI=1S/C20H26N4O/c1-16-9-12-24(13-10-16)19-14-18(22-15-23-19)20(25)21-11-5-8-17-6-3-2-4-7-17/h2-4,6-7,14-16H,5,8-13H2,1H3,(H,21,25). The van der Waals surface area contributed by atoms with Gasteiger partial charge in [0.15, 0.2) is 0 Å². The molecule has 0 unspecified atom stereocenters. The maximum Gasteiger partial charge on any atom is 0.270 e. The van der Waals surface area contributed by atoms with Crippen molar-refractivity contribution < 1.29 is 4.79 Å². The molecule has 5 nitrogen and oxygen atoms in total. The van der Waals surface area contributed by atoms with Crippen molar-refractivity contribution in [2.75, 3.05) is 24.5 Å². The highest BCUT2D eigenvalue weighted by molar-refractivity contribution is 5.92. The SMILES string of the molecule is CC1CCN(c2cc(C(=O)NCCCc3ccccc3)ncn2)CC1. The Labute approximate surface area is 149 Å². The first kappa shape index (κ1) is 17.4. The molecular formula is C20H26N4O. The molecule has 0 aliphatic carbocycles. The molecular weight excluding hydrogens is 312 g/mol. The minimum Gasteiger partial charge on any atom is -0.356 e. The van der Waals surface area contributed by atoms with Crippen LogP contribution < -0.4 is 10.2 Å². The van der Waals surface area contributed by atoms with Gasteiger partial charge in [0.25, 0.3) is 5.91 Å². The normalized spacial score (nSPS) is 15.2. The van der Waals surface area contributed by atoms with Crippen molar-refractivity contribution in [3.05, 3.63) is 54.0 Å². The van der Waals surface area contributed by atoms with E-state index in [1.165, 1.54) is 24.7 Å². The Hall–Kier alpha value is -2.43. The zero-order chi connectivity index (χ0) is 17.5. The topological polar surface area (TPSA) is 58.1 Å². The van der Waals surface area contributed by atoms with Crippen LogP contribution in [0, 0.1) is 5.92 Å². The monoisotopic (exact) mass is 338 g/mol. The van der Waals surface area contributed by atoms with E-state index in [2.05, 4.69) is 39.2 Å². The number of nitrogens with one attached hydrogen (secondary N) is 1. The molecule has 0 bridgehead atoms. The molecule has 3 rings (SSSR count). The van der Waals surface area contributed by atoms with Crippen molar-refractivity contribution in [2.24, 2.45) is 5.92 Å². The minimum atomic E-state index is -0.123. The van der Waals surface area contributed by atoms with Crippen molar-refractivity contribution in [1.82, 2.24) is 15.3 Å². The van der Waals surface area contributed by atoms with E-state index in [1.807, 2.05) is 24.3 Å². The summed E-state index contributed by atoms with van der Waals surface area (Å²) in [6.07, 6.45) is 5.71. The Kier molecular flexibility index (Phi) is 5.99. The molecule has 132 valence electrons. The molecule has 0 spiro atoms. The average molecular weight is 338 g/mol. The summed E-state index contributed by atoms with van der Waals surface area (Å²) >= 11 is 0. The van der Waals surface area contributed by atoms with Crippen LogP contribution in [0.4, 0.5) is 5.82 Å². The molecule has 1 N–H and O–H groups in total. The van der Waals surface area contributed by atoms with Gasteiger partial charge >= 0.3 is 0 Å². The summed E-state index contributed by atoms with van der Waals surface area (Å²) in [5.41, 5.74) is 1.74. The van der Waals surface area contributed by atoms with Crippen LogP contribution in [0.15, 0.2) is 42.7 Å². The molecule has 0 atom stereocenters. The van der Waals surface area contributed by atoms with Crippen LogP contribution in [0.3, 0.4) is 0 Å². The van der Waals surface area contributed by atoms with Gasteiger partial charge in [0.05, 0.1) is 0 Å². The molecule has 0 radical (unpaired) electrons. The van der Waals surface area contributed by atoms with E-state index < -0.39 is 0 Å². The molecule has 5 heteroatoms. The summed E-state index contributed by atoms with van der Waals surface area (Å²) in [6, 6.07) is 12.1. The predicted octanol–water partition coefficient (Wildman–Crippen LogP) is 3.08. The second-order valence-corrected chi connectivity index (χ2v) is 6.78. The third-order valence-electron chi connectivity index (χ3n) is 4.76. The fraction of sp³-hybridized carbons (Fsp3) is 0.450. The van der Waals surface area contributed by atoms with E-state index in [0.717, 1.165) is 37.7 Å². The van der Waals surface area contributed by atoms with E-state index in [1.54, 1.807) is 0 Å². The first-order valence-corrected chi connectivity index (χ1v) is 9.11. The Balaban J connectivity index is 1.49. The maximum atomic E-state index is 12.3. The molecule has 1 aromatic carbocycles. The van der Waals surface area contributed by atoms with Gasteiger partial charge in [-0.1, -0.05) is 37.3 Å². The number of piperidine rings is 1. The van der Waals surface area contributed by atoms with Gasteiger partial charge in [-0.3, -0.25) is 4.79 Å². The number of carbonyl (C=O) groups excluding carboxylic acids is 1. The summed E-state index contributed by atoms with van der Waals surface area (Å²) in [6.45, 7) is 4.92. The van der Waals surface area contributed by atoms with Crippen LogP contribution in [0.2, 0.25) is 0 Å². The van der Waals surface area contributed by atoms with Crippen molar-refractivity contribution in [3.63, 3.8) is 0 Å². The van der Waals surface area contributed by atoms with E-state index in [4.69, 9.17) is 0 Å². The number of aromatic nitrogens is 2. The van der Waals surface area contributed by atoms with Gasteiger partial charge in [-0.2, -0.15) is 0 Å². The maximum absolute atomic E-state index is 12.3. The predicted molar refractivity (Wildman–Crippen MR) is 99.7 cm³/mol. The smallest absolute Gasteiger partial charge is 0.270 e. The van der Waals surface area contributed by atoms with Gasteiger partial charge in [0, 0.05) is 25.7 Å². The summed E-state index contributed by atoms with van der Waals surface area (Å²) in [5.74, 6) is 1.50. The number of carbonyl (C=O) groups is 1. The molecule has 2 heterocycles. The van der Waals surface area contributed by atoms with E-state index >= 15 is 0 Å². The second kappa shape index (κ2) is 8.60. The highest BCUT2D eigenvalue weighted by Crippen LogP contribution is 2.21. The molecule has 1 saturated heterocycles. The van der Waals surface area contributed by atoms with Crippen LogP contribution >= 0.6 is 0 Å². The zero-order valence-corrected chi connectivity index (χ0v) is 14.8.